The van der Waals surface area contributed by atoms with Gasteiger partial charge in [-0.1, -0.05) is 26.0 Å². The van der Waals surface area contributed by atoms with Crippen molar-refractivity contribution in [2.45, 2.75) is 58.5 Å². The second-order valence-electron chi connectivity index (χ2n) is 9.92. The van der Waals surface area contributed by atoms with Gasteiger partial charge in [0.25, 0.3) is 0 Å². The third kappa shape index (κ3) is 7.49. The SMILES string of the molecule is C=C1CC[C@@H]2[C@](C)(CO)[C@H](O)CC[C@@]2(C)[C@@H]1CCC1=C(O)COC1=O.NC(=O)CSCC(=O)O.[H-].[Na+]. The van der Waals surface area contributed by atoms with Gasteiger partial charge in [-0.3, -0.25) is 9.59 Å². The number of thioether (sulfide) groups is 1. The van der Waals surface area contributed by atoms with Crippen molar-refractivity contribution in [3.63, 3.8) is 0 Å². The fourth-order valence-corrected chi connectivity index (χ4v) is 6.41. The van der Waals surface area contributed by atoms with Crippen molar-refractivity contribution in [3.8, 4) is 0 Å². The van der Waals surface area contributed by atoms with Gasteiger partial charge in [-0.2, -0.15) is 0 Å². The van der Waals surface area contributed by atoms with Gasteiger partial charge in [-0.25, -0.2) is 4.79 Å². The molecular weight excluding hydrogens is 485 g/mol. The number of esters is 1. The first-order valence-electron chi connectivity index (χ1n) is 11.5. The molecule has 0 bridgehead atoms. The van der Waals surface area contributed by atoms with Gasteiger partial charge >= 0.3 is 41.5 Å². The number of amides is 1. The maximum absolute atomic E-state index is 11.8. The molecule has 1 aliphatic heterocycles. The van der Waals surface area contributed by atoms with Gasteiger partial charge in [0.15, 0.2) is 0 Å². The summed E-state index contributed by atoms with van der Waals surface area (Å²) in [5.41, 5.74) is 5.73. The van der Waals surface area contributed by atoms with Gasteiger partial charge in [0.1, 0.15) is 12.4 Å². The fourth-order valence-electron chi connectivity index (χ4n) is 5.93. The Morgan fingerprint density at radius 1 is 1.29 bits per heavy atom. The normalized spacial score (nSPS) is 32.1. The fraction of sp³-hybridized carbons (Fsp3) is 0.708. The maximum atomic E-state index is 11.8. The zero-order valence-corrected chi connectivity index (χ0v) is 23.7. The molecule has 1 heterocycles. The number of allylic oxidation sites excluding steroid dienone is 1. The topological polar surface area (TPSA) is 167 Å². The molecule has 5 atom stereocenters. The molecule has 0 spiro atoms. The van der Waals surface area contributed by atoms with Gasteiger partial charge in [0.05, 0.1) is 29.8 Å². The van der Waals surface area contributed by atoms with Crippen molar-refractivity contribution in [2.24, 2.45) is 28.4 Å². The van der Waals surface area contributed by atoms with Crippen LogP contribution in [-0.4, -0.2) is 69.1 Å². The summed E-state index contributed by atoms with van der Waals surface area (Å²) in [7, 11) is 0. The predicted octanol–water partition coefficient (Wildman–Crippen LogP) is -0.716. The molecule has 194 valence electrons. The first kappa shape index (κ1) is 32.0. The summed E-state index contributed by atoms with van der Waals surface area (Å²) in [5.74, 6) is -1.36. The van der Waals surface area contributed by atoms with E-state index in [4.69, 9.17) is 15.6 Å². The molecule has 0 unspecified atom stereocenters. The van der Waals surface area contributed by atoms with Crippen LogP contribution in [0.3, 0.4) is 0 Å². The minimum Gasteiger partial charge on any atom is -1.00 e. The number of ether oxygens (including phenoxy) is 1. The summed E-state index contributed by atoms with van der Waals surface area (Å²) in [4.78, 5) is 31.6. The number of rotatable bonds is 8. The number of fused-ring (bicyclic) bond motifs is 1. The van der Waals surface area contributed by atoms with Crippen molar-refractivity contribution in [2.75, 3.05) is 24.7 Å². The van der Waals surface area contributed by atoms with E-state index in [9.17, 15) is 29.7 Å². The van der Waals surface area contributed by atoms with Crippen LogP contribution >= 0.6 is 11.8 Å². The summed E-state index contributed by atoms with van der Waals surface area (Å²) < 4.78 is 4.89. The average Bonchev–Trinajstić information content (AvgIpc) is 3.08. The number of nitrogens with two attached hydrogens (primary N) is 1. The van der Waals surface area contributed by atoms with Gasteiger partial charge in [0, 0.05) is 5.41 Å². The van der Waals surface area contributed by atoms with Crippen LogP contribution in [-0.2, 0) is 19.1 Å². The summed E-state index contributed by atoms with van der Waals surface area (Å²) in [6.45, 7) is 8.48. The molecule has 0 radical (unpaired) electrons. The molecule has 0 aromatic carbocycles. The molecule has 2 saturated carbocycles. The van der Waals surface area contributed by atoms with E-state index in [1.807, 2.05) is 6.92 Å². The van der Waals surface area contributed by atoms with Crippen molar-refractivity contribution >= 4 is 29.6 Å². The molecule has 2 fully saturated rings. The van der Waals surface area contributed by atoms with Crippen molar-refractivity contribution in [3.05, 3.63) is 23.5 Å². The summed E-state index contributed by atoms with van der Waals surface area (Å²) in [5, 5.41) is 38.4. The molecule has 0 saturated heterocycles. The minimum atomic E-state index is -0.929. The largest absolute Gasteiger partial charge is 1.00 e. The Morgan fingerprint density at radius 2 is 1.94 bits per heavy atom. The zero-order valence-electron chi connectivity index (χ0n) is 21.9. The van der Waals surface area contributed by atoms with E-state index in [1.165, 1.54) is 5.57 Å². The number of carbonyl (C=O) groups excluding carboxylic acids is 2. The smallest absolute Gasteiger partial charge is 1.00 e. The first-order valence-corrected chi connectivity index (χ1v) is 12.6. The second-order valence-corrected chi connectivity index (χ2v) is 10.9. The van der Waals surface area contributed by atoms with E-state index in [1.54, 1.807) is 0 Å². The van der Waals surface area contributed by atoms with Gasteiger partial charge in [-0.05, 0) is 55.8 Å². The maximum Gasteiger partial charge on any atom is 1.00 e. The van der Waals surface area contributed by atoms with E-state index in [-0.39, 0.29) is 78.7 Å². The molecule has 0 aromatic heterocycles. The summed E-state index contributed by atoms with van der Waals surface area (Å²) >= 11 is 0.995. The number of aliphatic carboxylic acids is 1. The molecule has 3 rings (SSSR count). The number of hydrogen-bond donors (Lipinski definition) is 5. The van der Waals surface area contributed by atoms with Crippen LogP contribution in [0.5, 0.6) is 0 Å². The first-order chi connectivity index (χ1) is 15.9. The Hall–Kier alpha value is -1.04. The van der Waals surface area contributed by atoms with Crippen molar-refractivity contribution in [1.29, 1.82) is 0 Å². The van der Waals surface area contributed by atoms with Crippen LogP contribution in [0.1, 0.15) is 53.8 Å². The van der Waals surface area contributed by atoms with Crippen LogP contribution in [0, 0.1) is 22.7 Å². The van der Waals surface area contributed by atoms with Crippen molar-refractivity contribution in [1.82, 2.24) is 0 Å². The van der Waals surface area contributed by atoms with Gasteiger partial charge in [-0.15, -0.1) is 11.8 Å². The minimum absolute atomic E-state index is 0. The Bertz CT molecular complexity index is 842. The summed E-state index contributed by atoms with van der Waals surface area (Å²) in [6, 6.07) is 0. The third-order valence-electron chi connectivity index (χ3n) is 7.78. The Morgan fingerprint density at radius 3 is 2.46 bits per heavy atom. The monoisotopic (exact) mass is 523 g/mol. The molecule has 35 heavy (non-hydrogen) atoms. The van der Waals surface area contributed by atoms with E-state index >= 15 is 0 Å². The van der Waals surface area contributed by atoms with Crippen LogP contribution in [0.25, 0.3) is 0 Å². The number of carboxylic acids is 1. The van der Waals surface area contributed by atoms with Crippen LogP contribution in [0.4, 0.5) is 0 Å². The molecular formula is C24H38NNaO8S. The van der Waals surface area contributed by atoms with Gasteiger partial charge in [0.2, 0.25) is 5.91 Å². The number of aliphatic hydroxyl groups is 3. The molecule has 6 N–H and O–H groups in total. The van der Waals surface area contributed by atoms with E-state index in [0.29, 0.717) is 18.4 Å². The number of aliphatic hydroxyl groups excluding tert-OH is 3. The quantitative estimate of drug-likeness (QED) is 0.157. The van der Waals surface area contributed by atoms with E-state index in [2.05, 4.69) is 13.5 Å². The van der Waals surface area contributed by atoms with Crippen LogP contribution in [0.15, 0.2) is 23.5 Å². The number of carbonyl (C=O) groups is 3. The molecule has 11 heteroatoms. The van der Waals surface area contributed by atoms with Crippen LogP contribution < -0.4 is 35.3 Å². The molecule has 0 aromatic rings. The van der Waals surface area contributed by atoms with E-state index < -0.39 is 29.4 Å². The standard InChI is InChI=1S/C20H30O5.C4H7NO3S.Na.H/c1-12-4-7-16-19(2,9-8-17(23)20(16,3)11-21)14(12)6-5-13-15(22)10-25-18(13)24;5-3(6)1-9-2-4(7)8;;/h14,16-17,21-23H,1,4-11H2,2-3H3;1-2H2,(H2,5,6)(H,7,8);;/q;;+1;-1/t14-,16+,17-,19+,20+;;;/m1.../s1. The number of hydrogen-bond acceptors (Lipinski definition) is 8. The second kappa shape index (κ2) is 13.5. The number of primary amides is 1. The Labute approximate surface area is 234 Å². The Kier molecular flexibility index (Phi) is 12.3. The molecule has 9 nitrogen and oxygen atoms in total. The number of cyclic esters (lactones) is 1. The molecule has 3 aliphatic rings. The Balaban J connectivity index is 0.000000963. The van der Waals surface area contributed by atoms with E-state index in [0.717, 1.165) is 37.4 Å². The molecule has 1 amide bonds. The number of carboxylic acid groups (broad SMARTS) is 1. The van der Waals surface area contributed by atoms with Gasteiger partial charge < -0.3 is 32.3 Å². The summed E-state index contributed by atoms with van der Waals surface area (Å²) in [6.07, 6.45) is 4.09. The zero-order chi connectivity index (χ0) is 25.7. The third-order valence-corrected chi connectivity index (χ3v) is 8.72. The van der Waals surface area contributed by atoms with Crippen LogP contribution in [0.2, 0.25) is 0 Å². The predicted molar refractivity (Wildman–Crippen MR) is 129 cm³/mol. The average molecular weight is 524 g/mol. The van der Waals surface area contributed by atoms with Crippen molar-refractivity contribution < 1.29 is 70.5 Å². The molecule has 2 aliphatic carbocycles.